The van der Waals surface area contributed by atoms with Crippen LogP contribution in [-0.2, 0) is 29.3 Å². The molecule has 4 amide bonds. The first-order valence-corrected chi connectivity index (χ1v) is 17.6. The number of halogens is 2. The van der Waals surface area contributed by atoms with Gasteiger partial charge in [0.05, 0.1) is 6.04 Å². The second-order valence-corrected chi connectivity index (χ2v) is 14.6. The van der Waals surface area contributed by atoms with Gasteiger partial charge in [0.25, 0.3) is 5.91 Å². The van der Waals surface area contributed by atoms with Crippen LogP contribution in [0.1, 0.15) is 88.9 Å². The number of Topliss-reactive ketones (excluding diaryl/α,β-unsaturated/α-hetero) is 1. The Morgan fingerprint density at radius 3 is 2.25 bits per heavy atom. The topological polar surface area (TPSA) is 143 Å². The highest BCUT2D eigenvalue weighted by molar-refractivity contribution is 6.38. The number of benzene rings is 2. The standard InChI is InChI=1S/C36H44Cl2N4O6/c1-21(2)18-29(33(45)41-28(19-23-14-17-39-32(23)44)30(43)34(46)40-27-12-13-27)42-35(47)48-31(22-8-10-25(37)11-9-22)36(15-3-4-16-36)24-6-5-7-26(38)20-24/h5-11,20-21,23,27-29,31H,3-4,12-19H2,1-2H3,(H,39,44)(H,40,46)(H,41,45)(H,42,47). The van der Waals surface area contributed by atoms with Crippen molar-refractivity contribution in [2.24, 2.45) is 11.8 Å². The van der Waals surface area contributed by atoms with Crippen LogP contribution in [0.2, 0.25) is 10.0 Å². The van der Waals surface area contributed by atoms with Crippen LogP contribution < -0.4 is 21.3 Å². The quantitative estimate of drug-likeness (QED) is 0.191. The Morgan fingerprint density at radius 1 is 0.938 bits per heavy atom. The minimum absolute atomic E-state index is 0.0197. The molecule has 4 atom stereocenters. The van der Waals surface area contributed by atoms with E-state index in [-0.39, 0.29) is 30.7 Å². The molecule has 4 N–H and O–H groups in total. The van der Waals surface area contributed by atoms with Gasteiger partial charge in [0.15, 0.2) is 0 Å². The van der Waals surface area contributed by atoms with Crippen molar-refractivity contribution >= 4 is 52.8 Å². The van der Waals surface area contributed by atoms with E-state index in [0.29, 0.717) is 23.0 Å². The van der Waals surface area contributed by atoms with E-state index in [1.807, 2.05) is 44.2 Å². The summed E-state index contributed by atoms with van der Waals surface area (Å²) in [5, 5.41) is 12.0. The van der Waals surface area contributed by atoms with E-state index in [0.717, 1.165) is 49.7 Å². The highest BCUT2D eigenvalue weighted by atomic mass is 35.5. The summed E-state index contributed by atoms with van der Waals surface area (Å²) in [6, 6.07) is 12.4. The van der Waals surface area contributed by atoms with Gasteiger partial charge >= 0.3 is 6.09 Å². The molecule has 2 aromatic rings. The van der Waals surface area contributed by atoms with E-state index in [1.54, 1.807) is 18.2 Å². The Kier molecular flexibility index (Phi) is 11.7. The van der Waals surface area contributed by atoms with Crippen molar-refractivity contribution in [2.75, 3.05) is 6.54 Å². The Hall–Kier alpha value is -3.63. The predicted molar refractivity (Wildman–Crippen MR) is 182 cm³/mol. The van der Waals surface area contributed by atoms with Gasteiger partial charge in [-0.15, -0.1) is 0 Å². The number of ketones is 1. The number of ether oxygens (including phenoxy) is 1. The third-order valence-corrected chi connectivity index (χ3v) is 10.0. The van der Waals surface area contributed by atoms with Gasteiger partial charge in [0.2, 0.25) is 17.6 Å². The zero-order valence-electron chi connectivity index (χ0n) is 27.4. The summed E-state index contributed by atoms with van der Waals surface area (Å²) in [5.74, 6) is -3.00. The molecule has 0 radical (unpaired) electrons. The molecule has 3 aliphatic rings. The molecule has 0 bridgehead atoms. The maximum atomic E-state index is 13.8. The average molecular weight is 700 g/mol. The fourth-order valence-electron chi connectivity index (χ4n) is 6.93. The second kappa shape index (κ2) is 15.7. The maximum Gasteiger partial charge on any atom is 0.408 e. The molecule has 48 heavy (non-hydrogen) atoms. The normalized spacial score (nSPS) is 20.4. The monoisotopic (exact) mass is 698 g/mol. The van der Waals surface area contributed by atoms with Gasteiger partial charge in [-0.1, -0.05) is 74.2 Å². The smallest absolute Gasteiger partial charge is 0.408 e. The molecule has 12 heteroatoms. The van der Waals surface area contributed by atoms with E-state index in [2.05, 4.69) is 21.3 Å². The van der Waals surface area contributed by atoms with Gasteiger partial charge in [-0.05, 0) is 86.3 Å². The Bertz CT molecular complexity index is 1510. The lowest BCUT2D eigenvalue weighted by Crippen LogP contribution is -2.55. The molecule has 4 unspecified atom stereocenters. The fraction of sp³-hybridized carbons (Fsp3) is 0.528. The molecule has 1 saturated heterocycles. The molecule has 0 spiro atoms. The van der Waals surface area contributed by atoms with E-state index in [9.17, 15) is 24.0 Å². The van der Waals surface area contributed by atoms with Gasteiger partial charge in [-0.2, -0.15) is 0 Å². The first kappa shape index (κ1) is 35.7. The lowest BCUT2D eigenvalue weighted by atomic mass is 9.72. The highest BCUT2D eigenvalue weighted by Crippen LogP contribution is 2.52. The van der Waals surface area contributed by atoms with Gasteiger partial charge in [-0.3, -0.25) is 19.2 Å². The molecular formula is C36H44Cl2N4O6. The molecule has 2 aliphatic carbocycles. The van der Waals surface area contributed by atoms with Crippen molar-refractivity contribution in [3.63, 3.8) is 0 Å². The van der Waals surface area contributed by atoms with Crippen LogP contribution >= 0.6 is 23.2 Å². The van der Waals surface area contributed by atoms with E-state index in [1.165, 1.54) is 0 Å². The lowest BCUT2D eigenvalue weighted by Gasteiger charge is -2.38. The second-order valence-electron chi connectivity index (χ2n) is 13.7. The molecular weight excluding hydrogens is 655 g/mol. The van der Waals surface area contributed by atoms with Crippen molar-refractivity contribution in [3.8, 4) is 0 Å². The molecule has 1 heterocycles. The molecule has 2 aromatic carbocycles. The summed E-state index contributed by atoms with van der Waals surface area (Å²) < 4.78 is 6.28. The zero-order valence-corrected chi connectivity index (χ0v) is 28.9. The molecule has 2 saturated carbocycles. The first-order valence-electron chi connectivity index (χ1n) is 16.9. The molecule has 3 fully saturated rings. The largest absolute Gasteiger partial charge is 0.440 e. The lowest BCUT2D eigenvalue weighted by molar-refractivity contribution is -0.141. The number of carbonyl (C=O) groups excluding carboxylic acids is 5. The summed E-state index contributed by atoms with van der Waals surface area (Å²) in [6.07, 6.45) is 4.15. The van der Waals surface area contributed by atoms with Crippen LogP contribution in [0.5, 0.6) is 0 Å². The van der Waals surface area contributed by atoms with Crippen LogP contribution in [0.15, 0.2) is 48.5 Å². The average Bonchev–Trinajstić information content (AvgIpc) is 3.55. The number of hydrogen-bond donors (Lipinski definition) is 4. The van der Waals surface area contributed by atoms with Gasteiger partial charge in [-0.25, -0.2) is 4.79 Å². The van der Waals surface area contributed by atoms with E-state index < -0.39 is 53.2 Å². The van der Waals surface area contributed by atoms with Gasteiger partial charge < -0.3 is 26.0 Å². The Balaban J connectivity index is 1.37. The number of carbonyl (C=O) groups is 5. The number of hydrogen-bond acceptors (Lipinski definition) is 6. The van der Waals surface area contributed by atoms with E-state index in [4.69, 9.17) is 27.9 Å². The summed E-state index contributed by atoms with van der Waals surface area (Å²) in [7, 11) is 0. The predicted octanol–water partition coefficient (Wildman–Crippen LogP) is 5.55. The van der Waals surface area contributed by atoms with Crippen molar-refractivity contribution in [3.05, 3.63) is 69.7 Å². The summed E-state index contributed by atoms with van der Waals surface area (Å²) >= 11 is 12.7. The SMILES string of the molecule is CC(C)CC(NC(=O)OC(c1ccc(Cl)cc1)C1(c2cccc(Cl)c2)CCCC1)C(=O)NC(CC1CCNC1=O)C(=O)C(=O)NC1CC1. The van der Waals surface area contributed by atoms with Crippen LogP contribution in [0.25, 0.3) is 0 Å². The maximum absolute atomic E-state index is 13.8. The number of nitrogens with one attached hydrogen (secondary N) is 4. The van der Waals surface area contributed by atoms with Crippen LogP contribution in [0, 0.1) is 11.8 Å². The van der Waals surface area contributed by atoms with Crippen LogP contribution in [0.4, 0.5) is 4.79 Å². The highest BCUT2D eigenvalue weighted by Gasteiger charge is 2.46. The van der Waals surface area contributed by atoms with Crippen molar-refractivity contribution in [1.82, 2.24) is 21.3 Å². The zero-order chi connectivity index (χ0) is 34.4. The number of rotatable bonds is 14. The Labute approximate surface area is 291 Å². The fourth-order valence-corrected chi connectivity index (χ4v) is 7.25. The summed E-state index contributed by atoms with van der Waals surface area (Å²) in [5.41, 5.74) is 1.14. The van der Waals surface area contributed by atoms with Crippen molar-refractivity contribution in [2.45, 2.75) is 101 Å². The first-order chi connectivity index (χ1) is 22.9. The third-order valence-electron chi connectivity index (χ3n) is 9.56. The van der Waals surface area contributed by atoms with Gasteiger partial charge in [0, 0.05) is 34.0 Å². The minimum Gasteiger partial charge on any atom is -0.440 e. The van der Waals surface area contributed by atoms with Crippen molar-refractivity contribution < 1.29 is 28.7 Å². The van der Waals surface area contributed by atoms with Gasteiger partial charge in [0.1, 0.15) is 12.1 Å². The van der Waals surface area contributed by atoms with Crippen LogP contribution in [-0.4, -0.2) is 54.3 Å². The molecule has 258 valence electrons. The summed E-state index contributed by atoms with van der Waals surface area (Å²) in [4.78, 5) is 66.0. The third kappa shape index (κ3) is 8.88. The minimum atomic E-state index is -1.23. The summed E-state index contributed by atoms with van der Waals surface area (Å²) in [6.45, 7) is 4.28. The molecule has 10 nitrogen and oxygen atoms in total. The molecule has 1 aliphatic heterocycles. The van der Waals surface area contributed by atoms with E-state index >= 15 is 0 Å². The van der Waals surface area contributed by atoms with Crippen molar-refractivity contribution in [1.29, 1.82) is 0 Å². The Morgan fingerprint density at radius 2 is 1.65 bits per heavy atom. The molecule has 0 aromatic heterocycles. The molecule has 5 rings (SSSR count). The number of alkyl carbamates (subject to hydrolysis) is 1. The number of amides is 4. The van der Waals surface area contributed by atoms with Crippen LogP contribution in [0.3, 0.4) is 0 Å².